The largest absolute Gasteiger partial charge is 0.291 e. The van der Waals surface area contributed by atoms with Crippen LogP contribution in [0.25, 0.3) is 0 Å². The van der Waals surface area contributed by atoms with E-state index in [1.165, 1.54) is 12.5 Å². The van der Waals surface area contributed by atoms with E-state index < -0.39 is 5.93 Å². The molecule has 5 heteroatoms. The second kappa shape index (κ2) is 1.31. The van der Waals surface area contributed by atoms with Gasteiger partial charge in [-0.3, -0.25) is 4.79 Å². The summed E-state index contributed by atoms with van der Waals surface area (Å²) >= 11 is 0. The standard InChI is InChI=1S/C3H7Cl3OS/c1-8(2,4,5,6)3-7/h3H,1-2H3. The first kappa shape index (κ1) is 8.89. The summed E-state index contributed by atoms with van der Waals surface area (Å²) in [6.07, 6.45) is 2.66. The van der Waals surface area contributed by atoms with Crippen molar-refractivity contribution in [2.45, 2.75) is 0 Å². The third-order valence-corrected chi connectivity index (χ3v) is 1.56. The van der Waals surface area contributed by atoms with Crippen LogP contribution in [0.3, 0.4) is 0 Å². The smallest absolute Gasteiger partial charge is 0.180 e. The minimum atomic E-state index is -3.77. The van der Waals surface area contributed by atoms with Crippen molar-refractivity contribution in [1.82, 2.24) is 0 Å². The molecular formula is C3H7Cl3OS. The molecule has 1 nitrogen and oxygen atoms in total. The lowest BCUT2D eigenvalue weighted by Crippen LogP contribution is -2.11. The van der Waals surface area contributed by atoms with Gasteiger partial charge in [0.15, 0.2) is 5.62 Å². The maximum absolute atomic E-state index is 10.1. The highest BCUT2D eigenvalue weighted by atomic mass is 36.2. The summed E-state index contributed by atoms with van der Waals surface area (Å²) in [5.74, 6) is -3.77. The van der Waals surface area contributed by atoms with E-state index in [4.69, 9.17) is 32.0 Å². The molecule has 0 aliphatic carbocycles. The average Bonchev–Trinajstić information content (AvgIpc) is 1.30. The van der Waals surface area contributed by atoms with Gasteiger partial charge in [0.05, 0.1) is 0 Å². The highest BCUT2D eigenvalue weighted by Gasteiger charge is 2.45. The van der Waals surface area contributed by atoms with Crippen molar-refractivity contribution in [2.24, 2.45) is 0 Å². The summed E-state index contributed by atoms with van der Waals surface area (Å²) in [7, 11) is 16.5. The highest BCUT2D eigenvalue weighted by molar-refractivity contribution is 9.09. The fraction of sp³-hybridized carbons (Fsp3) is 0.667. The number of carbonyl (C=O) groups is 1. The molecule has 0 spiro atoms. The summed E-state index contributed by atoms with van der Waals surface area (Å²) < 4.78 is 0. The summed E-state index contributed by atoms with van der Waals surface area (Å²) in [4.78, 5) is 10.1. The van der Waals surface area contributed by atoms with E-state index >= 15 is 0 Å². The van der Waals surface area contributed by atoms with Crippen molar-refractivity contribution in [3.05, 3.63) is 0 Å². The molecule has 0 amide bonds. The van der Waals surface area contributed by atoms with Gasteiger partial charge in [-0.1, -0.05) is 5.93 Å². The Hall–Kier alpha value is 0.890. The molecule has 0 saturated heterocycles. The molecule has 0 aliphatic heterocycles. The summed E-state index contributed by atoms with van der Waals surface area (Å²) in [6, 6.07) is 0. The first-order valence-electron chi connectivity index (χ1n) is 1.75. The zero-order chi connectivity index (χ0) is 7.12. The van der Waals surface area contributed by atoms with Crippen LogP contribution in [0.4, 0.5) is 0 Å². The maximum Gasteiger partial charge on any atom is 0.180 e. The van der Waals surface area contributed by atoms with Crippen LogP contribution < -0.4 is 0 Å². The summed E-state index contributed by atoms with van der Waals surface area (Å²) in [5, 5.41) is 0. The molecule has 0 atom stereocenters. The number of hydrogen-bond donors (Lipinski definition) is 0. The Morgan fingerprint density at radius 3 is 1.38 bits per heavy atom. The molecule has 0 bridgehead atoms. The van der Waals surface area contributed by atoms with Crippen molar-refractivity contribution in [1.29, 1.82) is 0 Å². The third kappa shape index (κ3) is 6.89. The van der Waals surface area contributed by atoms with E-state index in [1.807, 2.05) is 0 Å². The molecule has 0 unspecified atom stereocenters. The Morgan fingerprint density at radius 1 is 1.25 bits per heavy atom. The predicted molar refractivity (Wildman–Crippen MR) is 43.7 cm³/mol. The minimum absolute atomic E-state index is 0.394. The number of carbonyl (C=O) groups excluding carboxylic acids is 1. The fourth-order valence-electron chi connectivity index (χ4n) is 0. The van der Waals surface area contributed by atoms with Crippen LogP contribution in [0.1, 0.15) is 0 Å². The van der Waals surface area contributed by atoms with Gasteiger partial charge in [-0.25, -0.2) is 0 Å². The third-order valence-electron chi connectivity index (χ3n) is 0.302. The molecule has 0 radical (unpaired) electrons. The monoisotopic (exact) mass is 196 g/mol. The number of hydrogen-bond acceptors (Lipinski definition) is 1. The molecule has 52 valence electrons. The van der Waals surface area contributed by atoms with Gasteiger partial charge in [-0.15, -0.1) is 0 Å². The van der Waals surface area contributed by atoms with Crippen molar-refractivity contribution in [3.63, 3.8) is 0 Å². The topological polar surface area (TPSA) is 17.1 Å². The summed E-state index contributed by atoms with van der Waals surface area (Å²) in [6.45, 7) is 0. The molecular weight excluding hydrogens is 190 g/mol. The van der Waals surface area contributed by atoms with Crippen LogP contribution in [0.15, 0.2) is 0 Å². The minimum Gasteiger partial charge on any atom is -0.291 e. The predicted octanol–water partition coefficient (Wildman–Crippen LogP) is 2.77. The van der Waals surface area contributed by atoms with Gasteiger partial charge in [0.1, 0.15) is 0 Å². The molecule has 0 saturated carbocycles. The molecule has 0 N–H and O–H groups in total. The van der Waals surface area contributed by atoms with Gasteiger partial charge < -0.3 is 0 Å². The van der Waals surface area contributed by atoms with Crippen LogP contribution in [0.5, 0.6) is 0 Å². The first-order chi connectivity index (χ1) is 3.04. The maximum atomic E-state index is 10.1. The van der Waals surface area contributed by atoms with E-state index in [0.717, 1.165) is 0 Å². The molecule has 0 fully saturated rings. The van der Waals surface area contributed by atoms with Gasteiger partial charge >= 0.3 is 0 Å². The second-order valence-corrected chi connectivity index (χ2v) is 18.4. The SMILES string of the molecule is CS(C)(Cl)(Cl)(Cl)C=O. The van der Waals surface area contributed by atoms with Crippen molar-refractivity contribution >= 4 is 43.6 Å². The Kier molecular flexibility index (Phi) is 1.46. The molecule has 0 aromatic rings. The molecule has 8 heavy (non-hydrogen) atoms. The number of rotatable bonds is 1. The van der Waals surface area contributed by atoms with Gasteiger partial charge in [0.25, 0.3) is 0 Å². The Balaban J connectivity index is 4.77. The first-order valence-corrected chi connectivity index (χ1v) is 7.56. The van der Waals surface area contributed by atoms with Crippen LogP contribution in [0, 0.1) is 0 Å². The van der Waals surface area contributed by atoms with Crippen LogP contribution in [-0.2, 0) is 4.79 Å². The molecule has 0 heterocycles. The fourth-order valence-corrected chi connectivity index (χ4v) is 0. The quantitative estimate of drug-likeness (QED) is 0.591. The lowest BCUT2D eigenvalue weighted by atomic mass is 11.8. The zero-order valence-corrected chi connectivity index (χ0v) is 7.61. The Labute approximate surface area is 61.0 Å². The van der Waals surface area contributed by atoms with E-state index in [0.29, 0.717) is 5.62 Å². The Bertz CT molecular complexity index is 118. The molecule has 0 rings (SSSR count). The Morgan fingerprint density at radius 2 is 1.38 bits per heavy atom. The van der Waals surface area contributed by atoms with Crippen LogP contribution >= 0.6 is 38.0 Å². The second-order valence-electron chi connectivity index (χ2n) is 2.34. The van der Waals surface area contributed by atoms with Crippen molar-refractivity contribution in [2.75, 3.05) is 12.5 Å². The van der Waals surface area contributed by atoms with Crippen LogP contribution in [0.2, 0.25) is 0 Å². The van der Waals surface area contributed by atoms with Crippen molar-refractivity contribution < 1.29 is 4.79 Å². The van der Waals surface area contributed by atoms with Gasteiger partial charge in [0, 0.05) is 0 Å². The van der Waals surface area contributed by atoms with Crippen LogP contribution in [-0.4, -0.2) is 18.1 Å². The molecule has 0 aromatic carbocycles. The normalized spacial score (nSPS) is 21.1. The van der Waals surface area contributed by atoms with Gasteiger partial charge in [-0.05, 0) is 44.6 Å². The van der Waals surface area contributed by atoms with E-state index in [9.17, 15) is 4.79 Å². The summed E-state index contributed by atoms with van der Waals surface area (Å²) in [5.41, 5.74) is 0.394. The van der Waals surface area contributed by atoms with Crippen molar-refractivity contribution in [3.8, 4) is 0 Å². The zero-order valence-electron chi connectivity index (χ0n) is 4.53. The van der Waals surface area contributed by atoms with E-state index in [1.54, 1.807) is 0 Å². The number of halogens is 3. The molecule has 0 aliphatic rings. The molecule has 0 aromatic heterocycles. The lowest BCUT2D eigenvalue weighted by Gasteiger charge is -2.49. The van der Waals surface area contributed by atoms with Gasteiger partial charge in [0.2, 0.25) is 0 Å². The van der Waals surface area contributed by atoms with Gasteiger partial charge in [-0.2, -0.15) is 0 Å². The lowest BCUT2D eigenvalue weighted by molar-refractivity contribution is 0.569. The van der Waals surface area contributed by atoms with E-state index in [-0.39, 0.29) is 0 Å². The van der Waals surface area contributed by atoms with E-state index in [2.05, 4.69) is 0 Å². The highest BCUT2D eigenvalue weighted by Crippen LogP contribution is 2.95. The average molecular weight is 198 g/mol.